The minimum absolute atomic E-state index is 0.0988. The number of hydrogen-bond acceptors (Lipinski definition) is 4. The molecule has 140 valence electrons. The van der Waals surface area contributed by atoms with E-state index in [-0.39, 0.29) is 17.0 Å². The summed E-state index contributed by atoms with van der Waals surface area (Å²) in [5, 5.41) is 11.6. The lowest BCUT2D eigenvalue weighted by Gasteiger charge is -2.13. The van der Waals surface area contributed by atoms with Gasteiger partial charge in [0.25, 0.3) is 0 Å². The largest absolute Gasteiger partial charge is 0.325 e. The molecule has 1 heterocycles. The van der Waals surface area contributed by atoms with Crippen LogP contribution in [0.3, 0.4) is 0 Å². The van der Waals surface area contributed by atoms with Gasteiger partial charge in [0.15, 0.2) is 11.0 Å². The minimum atomic E-state index is -0.352. The molecule has 0 aliphatic rings. The number of hydrogen-bond donors (Lipinski definition) is 1. The van der Waals surface area contributed by atoms with Gasteiger partial charge in [-0.1, -0.05) is 29.5 Å². The zero-order valence-corrected chi connectivity index (χ0v) is 16.5. The second-order valence-corrected chi connectivity index (χ2v) is 7.75. The zero-order chi connectivity index (χ0) is 19.6. The summed E-state index contributed by atoms with van der Waals surface area (Å²) in [4.78, 5) is 12.5. The van der Waals surface area contributed by atoms with Gasteiger partial charge in [0.05, 0.1) is 5.25 Å². The quantitative estimate of drug-likeness (QED) is 0.664. The number of nitrogens with one attached hydrogen (secondary N) is 1. The number of aromatic nitrogens is 3. The van der Waals surface area contributed by atoms with Crippen molar-refractivity contribution in [2.75, 3.05) is 5.32 Å². The average Bonchev–Trinajstić information content (AvgIpc) is 2.98. The lowest BCUT2D eigenvalue weighted by atomic mass is 10.1. The Morgan fingerprint density at radius 3 is 2.52 bits per heavy atom. The molecule has 27 heavy (non-hydrogen) atoms. The fourth-order valence-electron chi connectivity index (χ4n) is 2.67. The summed E-state index contributed by atoms with van der Waals surface area (Å²) in [5.74, 6) is 0.227. The molecule has 0 saturated carbocycles. The highest BCUT2D eigenvalue weighted by Crippen LogP contribution is 2.27. The third kappa shape index (κ3) is 4.36. The van der Waals surface area contributed by atoms with Crippen LogP contribution in [0.2, 0.25) is 0 Å². The summed E-state index contributed by atoms with van der Waals surface area (Å²) in [6.45, 7) is 5.82. The first-order valence-corrected chi connectivity index (χ1v) is 9.43. The predicted molar refractivity (Wildman–Crippen MR) is 106 cm³/mol. The number of nitrogens with zero attached hydrogens (tertiary/aromatic N) is 3. The molecule has 0 unspecified atom stereocenters. The molecule has 5 nitrogen and oxygen atoms in total. The molecular formula is C20H21FN4OS. The highest BCUT2D eigenvalue weighted by molar-refractivity contribution is 8.00. The molecule has 0 aliphatic carbocycles. The van der Waals surface area contributed by atoms with Gasteiger partial charge < -0.3 is 9.88 Å². The summed E-state index contributed by atoms with van der Waals surface area (Å²) < 4.78 is 14.9. The van der Waals surface area contributed by atoms with Gasteiger partial charge in [-0.2, -0.15) is 0 Å². The second-order valence-electron chi connectivity index (χ2n) is 6.44. The van der Waals surface area contributed by atoms with Crippen LogP contribution in [-0.2, 0) is 11.8 Å². The van der Waals surface area contributed by atoms with Gasteiger partial charge in [0.2, 0.25) is 5.91 Å². The average molecular weight is 384 g/mol. The van der Waals surface area contributed by atoms with Gasteiger partial charge in [-0.25, -0.2) is 4.39 Å². The van der Waals surface area contributed by atoms with Crippen molar-refractivity contribution in [3.05, 3.63) is 59.4 Å². The van der Waals surface area contributed by atoms with Crippen molar-refractivity contribution in [1.82, 2.24) is 14.8 Å². The maximum absolute atomic E-state index is 13.1. The zero-order valence-electron chi connectivity index (χ0n) is 15.7. The van der Waals surface area contributed by atoms with Crippen molar-refractivity contribution in [3.8, 4) is 11.4 Å². The Kier molecular flexibility index (Phi) is 5.60. The standard InChI is InChI=1S/C20H21FN4OS/c1-12-5-10-17(13(2)11-12)22-19(26)14(3)27-20-24-23-18(25(20)4)15-6-8-16(21)9-7-15/h5-11,14H,1-4H3,(H,22,26)/t14-/m1/s1. The van der Waals surface area contributed by atoms with Crippen LogP contribution in [0, 0.1) is 19.7 Å². The molecule has 0 aliphatic heterocycles. The smallest absolute Gasteiger partial charge is 0.237 e. The predicted octanol–water partition coefficient (Wildman–Crippen LogP) is 4.36. The Hall–Kier alpha value is -2.67. The van der Waals surface area contributed by atoms with E-state index in [2.05, 4.69) is 15.5 Å². The summed E-state index contributed by atoms with van der Waals surface area (Å²) in [5.41, 5.74) is 3.76. The number of anilines is 1. The molecule has 1 amide bonds. The Morgan fingerprint density at radius 1 is 1.15 bits per heavy atom. The van der Waals surface area contributed by atoms with E-state index in [1.165, 1.54) is 23.9 Å². The summed E-state index contributed by atoms with van der Waals surface area (Å²) in [7, 11) is 1.83. The van der Waals surface area contributed by atoms with Crippen molar-refractivity contribution in [2.24, 2.45) is 7.05 Å². The van der Waals surface area contributed by atoms with Gasteiger partial charge in [0.1, 0.15) is 5.82 Å². The molecule has 0 saturated heterocycles. The third-order valence-corrected chi connectivity index (χ3v) is 5.36. The van der Waals surface area contributed by atoms with E-state index in [1.807, 2.05) is 46.0 Å². The number of aryl methyl sites for hydroxylation is 2. The SMILES string of the molecule is Cc1ccc(NC(=O)[C@@H](C)Sc2nnc(-c3ccc(F)cc3)n2C)c(C)c1. The molecule has 0 fully saturated rings. The number of rotatable bonds is 5. The van der Waals surface area contributed by atoms with Gasteiger partial charge in [-0.05, 0) is 56.7 Å². The monoisotopic (exact) mass is 384 g/mol. The number of carbonyl (C=O) groups excluding carboxylic acids is 1. The molecular weight excluding hydrogens is 363 g/mol. The van der Waals surface area contributed by atoms with E-state index >= 15 is 0 Å². The first kappa shape index (κ1) is 19.1. The van der Waals surface area contributed by atoms with Gasteiger partial charge in [0, 0.05) is 18.3 Å². The lowest BCUT2D eigenvalue weighted by Crippen LogP contribution is -2.23. The number of halogens is 1. The van der Waals surface area contributed by atoms with Crippen LogP contribution in [0.5, 0.6) is 0 Å². The molecule has 0 radical (unpaired) electrons. The van der Waals surface area contributed by atoms with E-state index in [4.69, 9.17) is 0 Å². The Balaban J connectivity index is 1.71. The highest BCUT2D eigenvalue weighted by Gasteiger charge is 2.20. The van der Waals surface area contributed by atoms with E-state index in [9.17, 15) is 9.18 Å². The van der Waals surface area contributed by atoms with Crippen LogP contribution in [0.15, 0.2) is 47.6 Å². The minimum Gasteiger partial charge on any atom is -0.325 e. The lowest BCUT2D eigenvalue weighted by molar-refractivity contribution is -0.115. The van der Waals surface area contributed by atoms with Gasteiger partial charge in [-0.15, -0.1) is 10.2 Å². The van der Waals surface area contributed by atoms with E-state index in [0.717, 1.165) is 22.4 Å². The van der Waals surface area contributed by atoms with Gasteiger partial charge in [-0.3, -0.25) is 4.79 Å². The first-order chi connectivity index (χ1) is 12.8. The fourth-order valence-corrected chi connectivity index (χ4v) is 3.48. The molecule has 2 aromatic carbocycles. The Morgan fingerprint density at radius 2 is 1.85 bits per heavy atom. The van der Waals surface area contributed by atoms with Crippen LogP contribution in [0.4, 0.5) is 10.1 Å². The molecule has 3 aromatic rings. The maximum atomic E-state index is 13.1. The highest BCUT2D eigenvalue weighted by atomic mass is 32.2. The first-order valence-electron chi connectivity index (χ1n) is 8.55. The normalized spacial score (nSPS) is 12.0. The summed E-state index contributed by atoms with van der Waals surface area (Å²) >= 11 is 1.33. The third-order valence-electron chi connectivity index (χ3n) is 4.23. The van der Waals surface area contributed by atoms with Crippen LogP contribution in [0.1, 0.15) is 18.1 Å². The van der Waals surface area contributed by atoms with Crippen LogP contribution < -0.4 is 5.32 Å². The summed E-state index contributed by atoms with van der Waals surface area (Å²) in [6, 6.07) is 12.0. The fraction of sp³-hybridized carbons (Fsp3) is 0.250. The molecule has 0 spiro atoms. The topological polar surface area (TPSA) is 59.8 Å². The molecule has 0 bridgehead atoms. The van der Waals surface area contributed by atoms with Crippen molar-refractivity contribution >= 4 is 23.4 Å². The number of thioether (sulfide) groups is 1. The van der Waals surface area contributed by atoms with E-state index in [0.29, 0.717) is 11.0 Å². The molecule has 7 heteroatoms. The van der Waals surface area contributed by atoms with Crippen molar-refractivity contribution in [3.63, 3.8) is 0 Å². The van der Waals surface area contributed by atoms with E-state index < -0.39 is 0 Å². The van der Waals surface area contributed by atoms with Crippen LogP contribution in [0.25, 0.3) is 11.4 Å². The van der Waals surface area contributed by atoms with Crippen molar-refractivity contribution < 1.29 is 9.18 Å². The second kappa shape index (κ2) is 7.92. The van der Waals surface area contributed by atoms with Crippen molar-refractivity contribution in [2.45, 2.75) is 31.2 Å². The number of carbonyl (C=O) groups is 1. The molecule has 1 aromatic heterocycles. The maximum Gasteiger partial charge on any atom is 0.237 e. The Bertz CT molecular complexity index is 969. The molecule has 1 atom stereocenters. The van der Waals surface area contributed by atoms with Crippen LogP contribution in [-0.4, -0.2) is 25.9 Å². The number of benzene rings is 2. The van der Waals surface area contributed by atoms with Gasteiger partial charge >= 0.3 is 0 Å². The number of amides is 1. The summed E-state index contributed by atoms with van der Waals surface area (Å²) in [6.07, 6.45) is 0. The Labute approximate surface area is 162 Å². The van der Waals surface area contributed by atoms with E-state index in [1.54, 1.807) is 16.7 Å². The van der Waals surface area contributed by atoms with Crippen LogP contribution >= 0.6 is 11.8 Å². The molecule has 3 rings (SSSR count). The van der Waals surface area contributed by atoms with Crippen molar-refractivity contribution in [1.29, 1.82) is 0 Å². The molecule has 1 N–H and O–H groups in total.